The first-order valence-corrected chi connectivity index (χ1v) is 12.1. The SMILES string of the molecule is CCOc1ccc(C2(CNC(=O)c3ccc4c(c3)C(=O)N(Cc3ccco3)C4=O)CCOCC2)cc1. The van der Waals surface area contributed by atoms with Crippen molar-refractivity contribution >= 4 is 17.7 Å². The number of hydrogen-bond donors (Lipinski definition) is 1. The highest BCUT2D eigenvalue weighted by molar-refractivity contribution is 6.22. The summed E-state index contributed by atoms with van der Waals surface area (Å²) < 4.78 is 16.5. The summed E-state index contributed by atoms with van der Waals surface area (Å²) in [6, 6.07) is 16.1. The molecule has 8 heteroatoms. The molecule has 2 aliphatic rings. The fourth-order valence-electron chi connectivity index (χ4n) is 4.89. The van der Waals surface area contributed by atoms with Crippen molar-refractivity contribution in [1.29, 1.82) is 0 Å². The van der Waals surface area contributed by atoms with Gasteiger partial charge in [-0.25, -0.2) is 0 Å². The Bertz CT molecular complexity index is 1260. The molecule has 1 saturated heterocycles. The van der Waals surface area contributed by atoms with E-state index in [1.165, 1.54) is 12.3 Å². The third-order valence-electron chi connectivity index (χ3n) is 6.94. The van der Waals surface area contributed by atoms with Crippen LogP contribution < -0.4 is 10.1 Å². The van der Waals surface area contributed by atoms with E-state index in [4.69, 9.17) is 13.9 Å². The molecule has 2 aromatic carbocycles. The van der Waals surface area contributed by atoms with Gasteiger partial charge >= 0.3 is 0 Å². The van der Waals surface area contributed by atoms with E-state index < -0.39 is 11.8 Å². The number of carbonyl (C=O) groups excluding carboxylic acids is 3. The molecule has 3 aromatic rings. The van der Waals surface area contributed by atoms with Crippen molar-refractivity contribution in [2.75, 3.05) is 26.4 Å². The van der Waals surface area contributed by atoms with Crippen LogP contribution in [-0.4, -0.2) is 49.0 Å². The first kappa shape index (κ1) is 23.8. The van der Waals surface area contributed by atoms with Gasteiger partial charge < -0.3 is 19.2 Å². The third-order valence-corrected chi connectivity index (χ3v) is 6.94. The number of nitrogens with one attached hydrogen (secondary N) is 1. The number of rotatable bonds is 8. The molecule has 0 spiro atoms. The van der Waals surface area contributed by atoms with Crippen molar-refractivity contribution < 1.29 is 28.3 Å². The second-order valence-electron chi connectivity index (χ2n) is 9.07. The maximum Gasteiger partial charge on any atom is 0.261 e. The highest BCUT2D eigenvalue weighted by Gasteiger charge is 2.37. The minimum Gasteiger partial charge on any atom is -0.494 e. The van der Waals surface area contributed by atoms with Crippen LogP contribution in [0.25, 0.3) is 0 Å². The lowest BCUT2D eigenvalue weighted by Gasteiger charge is -2.38. The smallest absolute Gasteiger partial charge is 0.261 e. The number of furan rings is 1. The van der Waals surface area contributed by atoms with Crippen LogP contribution >= 0.6 is 0 Å². The molecule has 186 valence electrons. The van der Waals surface area contributed by atoms with Gasteiger partial charge in [-0.2, -0.15) is 0 Å². The quantitative estimate of drug-likeness (QED) is 0.482. The van der Waals surface area contributed by atoms with Crippen LogP contribution in [0.2, 0.25) is 0 Å². The highest BCUT2D eigenvalue weighted by atomic mass is 16.5. The molecule has 1 fully saturated rings. The molecule has 8 nitrogen and oxygen atoms in total. The standard InChI is InChI=1S/C28H28N2O6/c1-2-35-21-8-6-20(7-9-21)28(11-14-34-15-12-28)18-29-25(31)19-5-10-23-24(16-19)27(33)30(26(23)32)17-22-4-3-13-36-22/h3-10,13,16H,2,11-12,14-15,17-18H2,1H3,(H,29,31). The Morgan fingerprint density at radius 2 is 1.78 bits per heavy atom. The average Bonchev–Trinajstić information content (AvgIpc) is 3.51. The van der Waals surface area contributed by atoms with E-state index in [2.05, 4.69) is 17.4 Å². The van der Waals surface area contributed by atoms with Crippen LogP contribution in [0.1, 0.15) is 62.2 Å². The summed E-state index contributed by atoms with van der Waals surface area (Å²) in [7, 11) is 0. The fraction of sp³-hybridized carbons (Fsp3) is 0.321. The number of hydrogen-bond acceptors (Lipinski definition) is 6. The predicted octanol–water partition coefficient (Wildman–Crippen LogP) is 3.95. The van der Waals surface area contributed by atoms with Crippen LogP contribution in [0.15, 0.2) is 65.3 Å². The largest absolute Gasteiger partial charge is 0.494 e. The second kappa shape index (κ2) is 9.99. The summed E-state index contributed by atoms with van der Waals surface area (Å²) in [6.07, 6.45) is 3.05. The first-order chi connectivity index (χ1) is 17.5. The van der Waals surface area contributed by atoms with Gasteiger partial charge in [-0.1, -0.05) is 12.1 Å². The van der Waals surface area contributed by atoms with Gasteiger partial charge in [0, 0.05) is 30.7 Å². The first-order valence-electron chi connectivity index (χ1n) is 12.1. The van der Waals surface area contributed by atoms with Crippen molar-refractivity contribution in [3.8, 4) is 5.75 Å². The predicted molar refractivity (Wildman–Crippen MR) is 131 cm³/mol. The summed E-state index contributed by atoms with van der Waals surface area (Å²) in [5, 5.41) is 3.06. The number of amides is 3. The Labute approximate surface area is 209 Å². The highest BCUT2D eigenvalue weighted by Crippen LogP contribution is 2.35. The van der Waals surface area contributed by atoms with Crippen molar-refractivity contribution in [2.24, 2.45) is 0 Å². The molecule has 36 heavy (non-hydrogen) atoms. The van der Waals surface area contributed by atoms with Crippen molar-refractivity contribution in [2.45, 2.75) is 31.7 Å². The third kappa shape index (κ3) is 4.52. The van der Waals surface area contributed by atoms with Gasteiger partial charge in [0.2, 0.25) is 0 Å². The molecule has 3 amide bonds. The number of ether oxygens (including phenoxy) is 2. The zero-order valence-corrected chi connectivity index (χ0v) is 20.1. The van der Waals surface area contributed by atoms with E-state index in [9.17, 15) is 14.4 Å². The molecule has 0 saturated carbocycles. The lowest BCUT2D eigenvalue weighted by molar-refractivity contribution is 0.0487. The molecule has 0 aliphatic carbocycles. The normalized spacial score (nSPS) is 16.6. The second-order valence-corrected chi connectivity index (χ2v) is 9.07. The maximum atomic E-state index is 13.1. The van der Waals surface area contributed by atoms with Crippen LogP contribution in [-0.2, 0) is 16.7 Å². The Morgan fingerprint density at radius 3 is 2.47 bits per heavy atom. The molecule has 3 heterocycles. The molecule has 0 unspecified atom stereocenters. The van der Waals surface area contributed by atoms with Crippen molar-refractivity contribution in [3.05, 3.63) is 88.9 Å². The number of imide groups is 1. The van der Waals surface area contributed by atoms with Gasteiger partial charge in [-0.15, -0.1) is 0 Å². The van der Waals surface area contributed by atoms with Gasteiger partial charge in [-0.3, -0.25) is 19.3 Å². The number of nitrogens with zero attached hydrogens (tertiary/aromatic N) is 1. The van der Waals surface area contributed by atoms with Gasteiger partial charge in [0.15, 0.2) is 0 Å². The van der Waals surface area contributed by atoms with Gasteiger partial charge in [0.05, 0.1) is 30.5 Å². The topological polar surface area (TPSA) is 98.1 Å². The molecule has 0 atom stereocenters. The molecule has 5 rings (SSSR count). The van der Waals surface area contributed by atoms with Gasteiger partial charge in [-0.05, 0) is 67.8 Å². The Morgan fingerprint density at radius 1 is 1.03 bits per heavy atom. The molecule has 0 bridgehead atoms. The Hall–Kier alpha value is -3.91. The zero-order chi connectivity index (χ0) is 25.1. The van der Waals surface area contributed by atoms with E-state index in [1.54, 1.807) is 24.3 Å². The monoisotopic (exact) mass is 488 g/mol. The molecule has 1 aromatic heterocycles. The molecule has 2 aliphatic heterocycles. The van der Waals surface area contributed by atoms with Crippen molar-refractivity contribution in [1.82, 2.24) is 10.2 Å². The van der Waals surface area contributed by atoms with Crippen LogP contribution in [0, 0.1) is 0 Å². The van der Waals surface area contributed by atoms with E-state index in [-0.39, 0.29) is 23.4 Å². The van der Waals surface area contributed by atoms with Gasteiger partial charge in [0.25, 0.3) is 17.7 Å². The maximum absolute atomic E-state index is 13.1. The zero-order valence-electron chi connectivity index (χ0n) is 20.1. The molecule has 1 N–H and O–H groups in total. The van der Waals surface area contributed by atoms with E-state index >= 15 is 0 Å². The Kier molecular flexibility index (Phi) is 6.61. The summed E-state index contributed by atoms with van der Waals surface area (Å²) in [5.41, 5.74) is 1.72. The van der Waals surface area contributed by atoms with Crippen LogP contribution in [0.5, 0.6) is 5.75 Å². The van der Waals surface area contributed by atoms with E-state index in [1.807, 2.05) is 19.1 Å². The molecular weight excluding hydrogens is 460 g/mol. The number of fused-ring (bicyclic) bond motifs is 1. The van der Waals surface area contributed by atoms with Gasteiger partial charge in [0.1, 0.15) is 11.5 Å². The molecule has 0 radical (unpaired) electrons. The van der Waals surface area contributed by atoms with Crippen LogP contribution in [0.4, 0.5) is 0 Å². The van der Waals surface area contributed by atoms with E-state index in [0.717, 1.165) is 29.1 Å². The number of carbonyl (C=O) groups is 3. The minimum absolute atomic E-state index is 0.0492. The minimum atomic E-state index is -0.434. The Balaban J connectivity index is 1.31. The average molecular weight is 489 g/mol. The van der Waals surface area contributed by atoms with Crippen LogP contribution in [0.3, 0.4) is 0 Å². The fourth-order valence-corrected chi connectivity index (χ4v) is 4.89. The van der Waals surface area contributed by atoms with Crippen molar-refractivity contribution in [3.63, 3.8) is 0 Å². The summed E-state index contributed by atoms with van der Waals surface area (Å²) >= 11 is 0. The van der Waals surface area contributed by atoms with E-state index in [0.29, 0.717) is 43.3 Å². The summed E-state index contributed by atoms with van der Waals surface area (Å²) in [6.45, 7) is 4.26. The lowest BCUT2D eigenvalue weighted by Crippen LogP contribution is -2.44. The lowest BCUT2D eigenvalue weighted by atomic mass is 9.74. The molecular formula is C28H28N2O6. The number of benzene rings is 2. The summed E-state index contributed by atoms with van der Waals surface area (Å²) in [4.78, 5) is 40.0. The summed E-state index contributed by atoms with van der Waals surface area (Å²) in [5.74, 6) is 0.204.